The number of fused-ring (bicyclic) bond motifs is 1. The van der Waals surface area contributed by atoms with Crippen molar-refractivity contribution in [2.45, 2.75) is 12.5 Å². The zero-order chi connectivity index (χ0) is 10.1. The van der Waals surface area contributed by atoms with Crippen molar-refractivity contribution in [3.63, 3.8) is 0 Å². The highest BCUT2D eigenvalue weighted by atomic mass is 16.5. The number of ketones is 1. The quantitative estimate of drug-likeness (QED) is 0.720. The molecule has 1 aliphatic heterocycles. The third-order valence-electron chi connectivity index (χ3n) is 2.30. The van der Waals surface area contributed by atoms with Gasteiger partial charge in [0.1, 0.15) is 12.4 Å². The number of hydrogen-bond donors (Lipinski definition) is 1. The molecule has 1 radical (unpaired) electrons. The molecule has 1 aromatic carbocycles. The molecule has 3 nitrogen and oxygen atoms in total. The van der Waals surface area contributed by atoms with Crippen LogP contribution in [0.5, 0.6) is 5.75 Å². The third kappa shape index (κ3) is 1.40. The standard InChI is InChI=1S/C11H11O3/c1-2-7-3-4-10-8(5-7)11(13)9(12)6-14-10/h3-5,9,12H,1-2,6H2. The second kappa shape index (κ2) is 3.42. The molecule has 0 saturated carbocycles. The summed E-state index contributed by atoms with van der Waals surface area (Å²) in [6, 6.07) is 5.35. The van der Waals surface area contributed by atoms with E-state index in [2.05, 4.69) is 6.92 Å². The Hall–Kier alpha value is -1.35. The maximum atomic E-state index is 11.5. The van der Waals surface area contributed by atoms with E-state index >= 15 is 0 Å². The number of aliphatic hydroxyl groups excluding tert-OH is 1. The molecule has 0 saturated heterocycles. The van der Waals surface area contributed by atoms with Gasteiger partial charge in [0.2, 0.25) is 0 Å². The number of benzene rings is 1. The lowest BCUT2D eigenvalue weighted by Gasteiger charge is -2.20. The lowest BCUT2D eigenvalue weighted by atomic mass is 9.99. The van der Waals surface area contributed by atoms with E-state index in [1.54, 1.807) is 12.1 Å². The van der Waals surface area contributed by atoms with E-state index in [0.29, 0.717) is 17.7 Å². The molecule has 1 aliphatic rings. The molecule has 2 rings (SSSR count). The summed E-state index contributed by atoms with van der Waals surface area (Å²) in [6.45, 7) is 3.79. The minimum Gasteiger partial charge on any atom is -0.490 e. The van der Waals surface area contributed by atoms with E-state index in [9.17, 15) is 9.90 Å². The van der Waals surface area contributed by atoms with Crippen molar-refractivity contribution >= 4 is 5.78 Å². The number of aliphatic hydroxyl groups is 1. The van der Waals surface area contributed by atoms with Crippen molar-refractivity contribution in [1.82, 2.24) is 0 Å². The Bertz CT molecular complexity index is 371. The molecule has 0 fully saturated rings. The monoisotopic (exact) mass is 191 g/mol. The topological polar surface area (TPSA) is 46.5 Å². The van der Waals surface area contributed by atoms with E-state index in [1.807, 2.05) is 6.07 Å². The van der Waals surface area contributed by atoms with Crippen LogP contribution in [0.2, 0.25) is 0 Å². The van der Waals surface area contributed by atoms with Gasteiger partial charge in [0.15, 0.2) is 11.9 Å². The highest BCUT2D eigenvalue weighted by Gasteiger charge is 2.26. The van der Waals surface area contributed by atoms with Crippen molar-refractivity contribution in [3.8, 4) is 5.75 Å². The average molecular weight is 191 g/mol. The van der Waals surface area contributed by atoms with Crippen LogP contribution in [0, 0.1) is 6.92 Å². The van der Waals surface area contributed by atoms with Crippen LogP contribution in [0.15, 0.2) is 18.2 Å². The summed E-state index contributed by atoms with van der Waals surface area (Å²) in [6.07, 6.45) is -0.404. The average Bonchev–Trinajstić information content (AvgIpc) is 2.23. The molecule has 14 heavy (non-hydrogen) atoms. The smallest absolute Gasteiger partial charge is 0.198 e. The molecule has 0 aromatic heterocycles. The van der Waals surface area contributed by atoms with Crippen LogP contribution >= 0.6 is 0 Å². The van der Waals surface area contributed by atoms with Crippen LogP contribution in [-0.4, -0.2) is 23.6 Å². The molecule has 0 amide bonds. The van der Waals surface area contributed by atoms with Gasteiger partial charge >= 0.3 is 0 Å². The van der Waals surface area contributed by atoms with Crippen molar-refractivity contribution in [3.05, 3.63) is 36.2 Å². The van der Waals surface area contributed by atoms with Gasteiger partial charge in [-0.1, -0.05) is 6.07 Å². The maximum Gasteiger partial charge on any atom is 0.198 e. The summed E-state index contributed by atoms with van der Waals surface area (Å²) in [4.78, 5) is 11.5. The predicted octanol–water partition coefficient (Wildman–Crippen LogP) is 0.999. The summed E-state index contributed by atoms with van der Waals surface area (Å²) in [5.41, 5.74) is 1.43. The van der Waals surface area contributed by atoms with E-state index < -0.39 is 6.10 Å². The highest BCUT2D eigenvalue weighted by Crippen LogP contribution is 2.25. The second-order valence-electron chi connectivity index (χ2n) is 3.27. The van der Waals surface area contributed by atoms with E-state index in [4.69, 9.17) is 4.74 Å². The molecule has 1 heterocycles. The highest BCUT2D eigenvalue weighted by molar-refractivity contribution is 6.02. The van der Waals surface area contributed by atoms with Crippen LogP contribution in [-0.2, 0) is 6.42 Å². The molecule has 3 heteroatoms. The number of ether oxygens (including phenoxy) is 1. The van der Waals surface area contributed by atoms with E-state index in [-0.39, 0.29) is 12.4 Å². The fourth-order valence-electron chi connectivity index (χ4n) is 1.47. The van der Waals surface area contributed by atoms with E-state index in [1.165, 1.54) is 0 Å². The Morgan fingerprint density at radius 3 is 3.07 bits per heavy atom. The van der Waals surface area contributed by atoms with Gasteiger partial charge in [-0.15, -0.1) is 0 Å². The molecule has 1 atom stereocenters. The van der Waals surface area contributed by atoms with Gasteiger partial charge in [0.25, 0.3) is 0 Å². The van der Waals surface area contributed by atoms with Crippen LogP contribution in [0.4, 0.5) is 0 Å². The fraction of sp³-hybridized carbons (Fsp3) is 0.273. The Kier molecular flexibility index (Phi) is 2.25. The first-order valence-electron chi connectivity index (χ1n) is 4.49. The fourth-order valence-corrected chi connectivity index (χ4v) is 1.47. The molecule has 0 spiro atoms. The number of carbonyl (C=O) groups excluding carboxylic acids is 1. The Morgan fingerprint density at radius 1 is 1.57 bits per heavy atom. The van der Waals surface area contributed by atoms with Crippen molar-refractivity contribution < 1.29 is 14.6 Å². The molecular weight excluding hydrogens is 180 g/mol. The van der Waals surface area contributed by atoms with Gasteiger partial charge in [0.05, 0.1) is 5.56 Å². The van der Waals surface area contributed by atoms with Crippen LogP contribution in [0.25, 0.3) is 0 Å². The molecule has 1 unspecified atom stereocenters. The normalized spacial score (nSPS) is 20.1. The zero-order valence-corrected chi connectivity index (χ0v) is 7.69. The van der Waals surface area contributed by atoms with Crippen molar-refractivity contribution in [1.29, 1.82) is 0 Å². The number of Topliss-reactive ketones (excluding diaryl/α,β-unsaturated/α-hetero) is 1. The number of rotatable bonds is 1. The van der Waals surface area contributed by atoms with Crippen LogP contribution in [0.3, 0.4) is 0 Å². The Labute approximate surface area is 82.3 Å². The SMILES string of the molecule is [CH2]Cc1ccc2c(c1)C(=O)C(O)CO2. The van der Waals surface area contributed by atoms with Crippen LogP contribution < -0.4 is 4.74 Å². The summed E-state index contributed by atoms with van der Waals surface area (Å²) < 4.78 is 5.21. The summed E-state index contributed by atoms with van der Waals surface area (Å²) in [7, 11) is 0. The molecule has 73 valence electrons. The van der Waals surface area contributed by atoms with Gasteiger partial charge in [-0.05, 0) is 31.0 Å². The molecular formula is C11H11O3. The lowest BCUT2D eigenvalue weighted by Crippen LogP contribution is -2.32. The molecule has 1 N–H and O–H groups in total. The zero-order valence-electron chi connectivity index (χ0n) is 7.69. The lowest BCUT2D eigenvalue weighted by molar-refractivity contribution is 0.0558. The summed E-state index contributed by atoms with van der Waals surface area (Å²) in [5, 5.41) is 9.30. The van der Waals surface area contributed by atoms with Gasteiger partial charge in [-0.2, -0.15) is 0 Å². The van der Waals surface area contributed by atoms with E-state index in [0.717, 1.165) is 5.56 Å². The molecule has 1 aromatic rings. The molecule has 0 aliphatic carbocycles. The number of hydrogen-bond acceptors (Lipinski definition) is 3. The Balaban J connectivity index is 2.46. The Morgan fingerprint density at radius 2 is 2.36 bits per heavy atom. The van der Waals surface area contributed by atoms with Gasteiger partial charge in [-0.3, -0.25) is 4.79 Å². The van der Waals surface area contributed by atoms with Crippen molar-refractivity contribution in [2.75, 3.05) is 6.61 Å². The summed E-state index contributed by atoms with van der Waals surface area (Å²) >= 11 is 0. The van der Waals surface area contributed by atoms with Gasteiger partial charge in [0, 0.05) is 0 Å². The largest absolute Gasteiger partial charge is 0.490 e. The van der Waals surface area contributed by atoms with Gasteiger partial charge < -0.3 is 9.84 Å². The third-order valence-corrected chi connectivity index (χ3v) is 2.30. The van der Waals surface area contributed by atoms with Crippen LogP contribution in [0.1, 0.15) is 15.9 Å². The minimum atomic E-state index is -1.03. The first kappa shape index (κ1) is 9.21. The second-order valence-corrected chi connectivity index (χ2v) is 3.27. The first-order chi connectivity index (χ1) is 6.72. The predicted molar refractivity (Wildman–Crippen MR) is 51.3 cm³/mol. The summed E-state index contributed by atoms with van der Waals surface area (Å²) in [5.74, 6) is 0.291. The molecule has 0 bridgehead atoms. The van der Waals surface area contributed by atoms with Crippen molar-refractivity contribution in [2.24, 2.45) is 0 Å². The first-order valence-corrected chi connectivity index (χ1v) is 4.49. The number of carbonyl (C=O) groups is 1. The maximum absolute atomic E-state index is 11.5. The minimum absolute atomic E-state index is 0.0511. The van der Waals surface area contributed by atoms with Gasteiger partial charge in [-0.25, -0.2) is 0 Å².